The summed E-state index contributed by atoms with van der Waals surface area (Å²) in [6.45, 7) is 9.74. The SMILES string of the molecule is Cc1c(C)c(C)c(S(=O)(=O)N[C@H](c2ccccc2)c2ccccn2)c(C)c1C. The van der Waals surface area contributed by atoms with Gasteiger partial charge in [0, 0.05) is 6.20 Å². The number of hydrogen-bond acceptors (Lipinski definition) is 3. The minimum atomic E-state index is -3.77. The standard InChI is InChI=1S/C23H26N2O2S/c1-15-16(2)18(4)23(19(5)17(15)3)28(26,27)25-22(20-11-7-6-8-12-20)21-13-9-10-14-24-21/h6-14,22,25H,1-5H3/t22-/m1/s1. The molecule has 0 unspecified atom stereocenters. The highest BCUT2D eigenvalue weighted by atomic mass is 32.2. The van der Waals surface area contributed by atoms with Crippen LogP contribution in [0.5, 0.6) is 0 Å². The first-order valence-corrected chi connectivity index (χ1v) is 10.8. The first kappa shape index (κ1) is 20.2. The van der Waals surface area contributed by atoms with Crippen molar-refractivity contribution >= 4 is 10.0 Å². The van der Waals surface area contributed by atoms with Crippen molar-refractivity contribution in [2.75, 3.05) is 0 Å². The topological polar surface area (TPSA) is 59.1 Å². The number of pyridine rings is 1. The van der Waals surface area contributed by atoms with Gasteiger partial charge < -0.3 is 0 Å². The normalized spacial score (nSPS) is 12.8. The predicted molar refractivity (Wildman–Crippen MR) is 113 cm³/mol. The number of rotatable bonds is 5. The molecule has 0 radical (unpaired) electrons. The molecule has 0 spiro atoms. The van der Waals surface area contributed by atoms with Gasteiger partial charge in [0.15, 0.2) is 0 Å². The number of benzene rings is 2. The van der Waals surface area contributed by atoms with Crippen LogP contribution in [0.25, 0.3) is 0 Å². The van der Waals surface area contributed by atoms with Crippen LogP contribution in [0, 0.1) is 34.6 Å². The van der Waals surface area contributed by atoms with E-state index in [4.69, 9.17) is 0 Å². The number of nitrogens with zero attached hydrogens (tertiary/aromatic N) is 1. The fourth-order valence-corrected chi connectivity index (χ4v) is 5.37. The second kappa shape index (κ2) is 7.86. The number of hydrogen-bond donors (Lipinski definition) is 1. The lowest BCUT2D eigenvalue weighted by Gasteiger charge is -2.23. The maximum absolute atomic E-state index is 13.5. The Balaban J connectivity index is 2.14. The summed E-state index contributed by atoms with van der Waals surface area (Å²) < 4.78 is 29.9. The van der Waals surface area contributed by atoms with Crippen molar-refractivity contribution in [3.8, 4) is 0 Å². The zero-order valence-corrected chi connectivity index (χ0v) is 17.8. The molecule has 1 N–H and O–H groups in total. The molecule has 1 heterocycles. The van der Waals surface area contributed by atoms with Gasteiger partial charge >= 0.3 is 0 Å². The Morgan fingerprint density at radius 3 is 1.82 bits per heavy atom. The van der Waals surface area contributed by atoms with E-state index in [1.165, 1.54) is 0 Å². The summed E-state index contributed by atoms with van der Waals surface area (Å²) >= 11 is 0. The summed E-state index contributed by atoms with van der Waals surface area (Å²) in [6.07, 6.45) is 1.68. The quantitative estimate of drug-likeness (QED) is 0.683. The predicted octanol–water partition coefficient (Wildman–Crippen LogP) is 4.69. The molecule has 1 aromatic heterocycles. The van der Waals surface area contributed by atoms with Gasteiger partial charge in [-0.1, -0.05) is 36.4 Å². The van der Waals surface area contributed by atoms with Crippen LogP contribution >= 0.6 is 0 Å². The minimum Gasteiger partial charge on any atom is -0.259 e. The van der Waals surface area contributed by atoms with Crippen molar-refractivity contribution in [1.82, 2.24) is 9.71 Å². The Hall–Kier alpha value is -2.50. The molecule has 146 valence electrons. The molecule has 0 saturated carbocycles. The summed E-state index contributed by atoms with van der Waals surface area (Å²) in [5, 5.41) is 0. The maximum atomic E-state index is 13.5. The average molecular weight is 395 g/mol. The zero-order chi connectivity index (χ0) is 20.5. The van der Waals surface area contributed by atoms with Gasteiger partial charge in [-0.25, -0.2) is 8.42 Å². The molecule has 0 aliphatic rings. The van der Waals surface area contributed by atoms with Crippen molar-refractivity contribution in [3.63, 3.8) is 0 Å². The van der Waals surface area contributed by atoms with Crippen molar-refractivity contribution in [2.24, 2.45) is 0 Å². The lowest BCUT2D eigenvalue weighted by atomic mass is 9.95. The van der Waals surface area contributed by atoms with Gasteiger partial charge in [0.1, 0.15) is 0 Å². The molecule has 28 heavy (non-hydrogen) atoms. The van der Waals surface area contributed by atoms with E-state index >= 15 is 0 Å². The van der Waals surface area contributed by atoms with Crippen molar-refractivity contribution in [1.29, 1.82) is 0 Å². The van der Waals surface area contributed by atoms with Crippen LogP contribution in [-0.2, 0) is 10.0 Å². The summed E-state index contributed by atoms with van der Waals surface area (Å²) in [5.41, 5.74) is 6.25. The van der Waals surface area contributed by atoms with E-state index in [1.54, 1.807) is 6.20 Å². The third-order valence-electron chi connectivity index (χ3n) is 5.59. The molecule has 0 amide bonds. The molecule has 2 aromatic carbocycles. The molecule has 4 nitrogen and oxygen atoms in total. The third kappa shape index (κ3) is 3.73. The fourth-order valence-electron chi connectivity index (χ4n) is 3.57. The molecule has 0 bridgehead atoms. The van der Waals surface area contributed by atoms with Crippen LogP contribution in [0.2, 0.25) is 0 Å². The van der Waals surface area contributed by atoms with Gasteiger partial charge in [-0.05, 0) is 80.1 Å². The zero-order valence-electron chi connectivity index (χ0n) is 16.9. The molecule has 0 saturated heterocycles. The van der Waals surface area contributed by atoms with Gasteiger partial charge in [-0.15, -0.1) is 0 Å². The minimum absolute atomic E-state index is 0.366. The van der Waals surface area contributed by atoms with Gasteiger partial charge in [-0.2, -0.15) is 4.72 Å². The second-order valence-corrected chi connectivity index (χ2v) is 8.82. The van der Waals surface area contributed by atoms with E-state index in [1.807, 2.05) is 83.1 Å². The van der Waals surface area contributed by atoms with Gasteiger partial charge in [-0.3, -0.25) is 4.98 Å². The van der Waals surface area contributed by atoms with E-state index < -0.39 is 16.1 Å². The molecule has 1 atom stereocenters. The molecule has 0 aliphatic carbocycles. The number of aromatic nitrogens is 1. The van der Waals surface area contributed by atoms with Crippen LogP contribution < -0.4 is 4.72 Å². The summed E-state index contributed by atoms with van der Waals surface area (Å²) in [6, 6.07) is 14.5. The Morgan fingerprint density at radius 2 is 1.29 bits per heavy atom. The maximum Gasteiger partial charge on any atom is 0.242 e. The first-order valence-electron chi connectivity index (χ1n) is 9.29. The summed E-state index contributed by atoms with van der Waals surface area (Å²) in [7, 11) is -3.77. The summed E-state index contributed by atoms with van der Waals surface area (Å²) in [5.74, 6) is 0. The molecule has 3 rings (SSSR count). The van der Waals surface area contributed by atoms with Crippen molar-refractivity contribution in [3.05, 3.63) is 93.8 Å². The highest BCUT2D eigenvalue weighted by Crippen LogP contribution is 2.31. The first-order chi connectivity index (χ1) is 13.2. The van der Waals surface area contributed by atoms with Gasteiger partial charge in [0.2, 0.25) is 10.0 Å². The summed E-state index contributed by atoms with van der Waals surface area (Å²) in [4.78, 5) is 4.77. The Bertz CT molecular complexity index is 1020. The molecular weight excluding hydrogens is 368 g/mol. The van der Waals surface area contributed by atoms with Crippen LogP contribution in [0.3, 0.4) is 0 Å². The third-order valence-corrected chi connectivity index (χ3v) is 7.29. The van der Waals surface area contributed by atoms with Crippen molar-refractivity contribution < 1.29 is 8.42 Å². The van der Waals surface area contributed by atoms with Crippen LogP contribution in [0.4, 0.5) is 0 Å². The highest BCUT2D eigenvalue weighted by Gasteiger charge is 2.28. The van der Waals surface area contributed by atoms with Crippen LogP contribution in [-0.4, -0.2) is 13.4 Å². The average Bonchev–Trinajstić information content (AvgIpc) is 2.70. The van der Waals surface area contributed by atoms with Gasteiger partial charge in [0.05, 0.1) is 16.6 Å². The lowest BCUT2D eigenvalue weighted by molar-refractivity contribution is 0.568. The smallest absolute Gasteiger partial charge is 0.242 e. The van der Waals surface area contributed by atoms with Crippen molar-refractivity contribution in [2.45, 2.75) is 45.6 Å². The number of sulfonamides is 1. The van der Waals surface area contributed by atoms with E-state index in [-0.39, 0.29) is 0 Å². The van der Waals surface area contributed by atoms with E-state index in [0.29, 0.717) is 10.6 Å². The second-order valence-electron chi connectivity index (χ2n) is 7.17. The van der Waals surface area contributed by atoms with E-state index in [9.17, 15) is 8.42 Å². The van der Waals surface area contributed by atoms with E-state index in [2.05, 4.69) is 9.71 Å². The monoisotopic (exact) mass is 394 g/mol. The molecule has 0 fully saturated rings. The molecular formula is C23H26N2O2S. The number of nitrogens with one attached hydrogen (secondary N) is 1. The Labute approximate surface area is 167 Å². The largest absolute Gasteiger partial charge is 0.259 e. The molecule has 3 aromatic rings. The molecule has 0 aliphatic heterocycles. The fraction of sp³-hybridized carbons (Fsp3) is 0.261. The van der Waals surface area contributed by atoms with E-state index in [0.717, 1.165) is 33.4 Å². The van der Waals surface area contributed by atoms with Crippen LogP contribution in [0.15, 0.2) is 59.6 Å². The highest BCUT2D eigenvalue weighted by molar-refractivity contribution is 7.89. The molecule has 5 heteroatoms. The lowest BCUT2D eigenvalue weighted by Crippen LogP contribution is -2.31. The van der Waals surface area contributed by atoms with Crippen LogP contribution in [0.1, 0.15) is 45.1 Å². The Kier molecular flexibility index (Phi) is 5.68. The van der Waals surface area contributed by atoms with Gasteiger partial charge in [0.25, 0.3) is 0 Å². The Morgan fingerprint density at radius 1 is 0.750 bits per heavy atom.